The summed E-state index contributed by atoms with van der Waals surface area (Å²) >= 11 is 3.23. The highest BCUT2D eigenvalue weighted by molar-refractivity contribution is 9.09. The van der Waals surface area contributed by atoms with Gasteiger partial charge in [0.1, 0.15) is 0 Å². The first kappa shape index (κ1) is 12.7. The third-order valence-electron chi connectivity index (χ3n) is 1.89. The van der Waals surface area contributed by atoms with Gasteiger partial charge in [0.05, 0.1) is 4.90 Å². The largest absolute Gasteiger partial charge is 0.240 e. The number of halogens is 1. The molecule has 1 rings (SSSR count). The van der Waals surface area contributed by atoms with Crippen molar-refractivity contribution in [2.75, 3.05) is 5.33 Å². The molecule has 0 heterocycles. The van der Waals surface area contributed by atoms with E-state index >= 15 is 0 Å². The van der Waals surface area contributed by atoms with Gasteiger partial charge in [0.25, 0.3) is 0 Å². The summed E-state index contributed by atoms with van der Waals surface area (Å²) in [5.74, 6) is 0. The minimum Gasteiger partial charge on any atom is -0.208 e. The minimum atomic E-state index is -3.37. The Morgan fingerprint density at radius 3 is 2.67 bits per heavy atom. The van der Waals surface area contributed by atoms with E-state index in [1.807, 2.05) is 19.9 Å². The Hall–Kier alpha value is -0.390. The first-order valence-electron chi connectivity index (χ1n) is 4.60. The molecule has 0 aromatic heterocycles. The number of sulfonamides is 1. The fourth-order valence-corrected chi connectivity index (χ4v) is 2.87. The third-order valence-corrected chi connectivity index (χ3v) is 4.45. The molecule has 1 aromatic rings. The lowest BCUT2D eigenvalue weighted by atomic mass is 10.2. The average molecular weight is 292 g/mol. The molecule has 0 saturated heterocycles. The van der Waals surface area contributed by atoms with Crippen molar-refractivity contribution in [1.29, 1.82) is 0 Å². The summed E-state index contributed by atoms with van der Waals surface area (Å²) in [6.07, 6.45) is 0. The summed E-state index contributed by atoms with van der Waals surface area (Å²) in [6, 6.07) is 6.74. The topological polar surface area (TPSA) is 46.2 Å². The predicted octanol–water partition coefficient (Wildman–Crippen LogP) is 2.06. The summed E-state index contributed by atoms with van der Waals surface area (Å²) in [4.78, 5) is 0.315. The van der Waals surface area contributed by atoms with E-state index in [4.69, 9.17) is 0 Å². The summed E-state index contributed by atoms with van der Waals surface area (Å²) in [5.41, 5.74) is 0.935. The zero-order valence-electron chi connectivity index (χ0n) is 8.70. The first-order valence-corrected chi connectivity index (χ1v) is 7.21. The molecule has 0 aliphatic heterocycles. The second-order valence-corrected chi connectivity index (χ2v) is 5.85. The van der Waals surface area contributed by atoms with Gasteiger partial charge in [-0.2, -0.15) is 0 Å². The fourth-order valence-electron chi connectivity index (χ4n) is 1.15. The zero-order chi connectivity index (χ0) is 11.5. The van der Waals surface area contributed by atoms with Gasteiger partial charge in [-0.05, 0) is 31.5 Å². The van der Waals surface area contributed by atoms with Gasteiger partial charge < -0.3 is 0 Å². The number of alkyl halides is 1. The quantitative estimate of drug-likeness (QED) is 0.863. The third kappa shape index (κ3) is 3.59. The van der Waals surface area contributed by atoms with Gasteiger partial charge in [-0.3, -0.25) is 0 Å². The van der Waals surface area contributed by atoms with E-state index in [2.05, 4.69) is 20.7 Å². The minimum absolute atomic E-state index is 0.115. The van der Waals surface area contributed by atoms with E-state index < -0.39 is 10.0 Å². The van der Waals surface area contributed by atoms with Crippen molar-refractivity contribution in [2.45, 2.75) is 24.8 Å². The molecule has 5 heteroatoms. The van der Waals surface area contributed by atoms with Crippen LogP contribution in [0.3, 0.4) is 0 Å². The van der Waals surface area contributed by atoms with E-state index in [1.165, 1.54) is 0 Å². The number of hydrogen-bond donors (Lipinski definition) is 1. The van der Waals surface area contributed by atoms with E-state index in [1.54, 1.807) is 18.2 Å². The van der Waals surface area contributed by atoms with Crippen LogP contribution in [-0.2, 0) is 10.0 Å². The molecule has 0 amide bonds. The van der Waals surface area contributed by atoms with Crippen LogP contribution >= 0.6 is 15.9 Å². The molecule has 84 valence electrons. The summed E-state index contributed by atoms with van der Waals surface area (Å²) in [7, 11) is -3.37. The smallest absolute Gasteiger partial charge is 0.208 e. The molecule has 0 bridgehead atoms. The van der Waals surface area contributed by atoms with Crippen LogP contribution in [0.4, 0.5) is 0 Å². The van der Waals surface area contributed by atoms with Gasteiger partial charge in [-0.15, -0.1) is 0 Å². The van der Waals surface area contributed by atoms with Crippen molar-refractivity contribution in [3.8, 4) is 0 Å². The Labute approximate surface area is 99.1 Å². The number of rotatable bonds is 4. The molecule has 15 heavy (non-hydrogen) atoms. The van der Waals surface area contributed by atoms with Gasteiger partial charge in [-0.1, -0.05) is 28.1 Å². The highest BCUT2D eigenvalue weighted by Gasteiger charge is 2.16. The lowest BCUT2D eigenvalue weighted by Gasteiger charge is -2.11. The van der Waals surface area contributed by atoms with Crippen molar-refractivity contribution in [3.05, 3.63) is 29.8 Å². The van der Waals surface area contributed by atoms with E-state index in [9.17, 15) is 8.42 Å². The lowest BCUT2D eigenvalue weighted by Crippen LogP contribution is -2.33. The van der Waals surface area contributed by atoms with Crippen molar-refractivity contribution in [3.63, 3.8) is 0 Å². The normalized spacial score (nSPS) is 13.8. The summed E-state index contributed by atoms with van der Waals surface area (Å²) in [5, 5.41) is 0.595. The van der Waals surface area contributed by atoms with E-state index in [-0.39, 0.29) is 6.04 Å². The Kier molecular flexibility index (Phi) is 4.31. The Bertz CT molecular complexity index is 431. The molecule has 0 saturated carbocycles. The fraction of sp³-hybridized carbons (Fsp3) is 0.400. The average Bonchev–Trinajstić information content (AvgIpc) is 2.17. The SMILES string of the molecule is Cc1cccc(S(=O)(=O)NC(C)CBr)c1. The van der Waals surface area contributed by atoms with Gasteiger partial charge in [0.2, 0.25) is 10.0 Å². The van der Waals surface area contributed by atoms with Crippen LogP contribution in [0.2, 0.25) is 0 Å². The second kappa shape index (κ2) is 5.09. The highest BCUT2D eigenvalue weighted by atomic mass is 79.9. The zero-order valence-corrected chi connectivity index (χ0v) is 11.1. The Morgan fingerprint density at radius 1 is 1.47 bits per heavy atom. The second-order valence-electron chi connectivity index (χ2n) is 3.49. The van der Waals surface area contributed by atoms with Gasteiger partial charge in [0.15, 0.2) is 0 Å². The molecular weight excluding hydrogens is 278 g/mol. The Morgan fingerprint density at radius 2 is 2.13 bits per heavy atom. The van der Waals surface area contributed by atoms with Crippen LogP contribution in [0.5, 0.6) is 0 Å². The van der Waals surface area contributed by atoms with Crippen molar-refractivity contribution < 1.29 is 8.42 Å². The molecule has 1 aromatic carbocycles. The van der Waals surface area contributed by atoms with Crippen LogP contribution in [-0.4, -0.2) is 19.8 Å². The van der Waals surface area contributed by atoms with E-state index in [0.717, 1.165) is 5.56 Å². The van der Waals surface area contributed by atoms with Crippen LogP contribution in [0.25, 0.3) is 0 Å². The van der Waals surface area contributed by atoms with Gasteiger partial charge in [0, 0.05) is 11.4 Å². The lowest BCUT2D eigenvalue weighted by molar-refractivity contribution is 0.571. The first-order chi connectivity index (χ1) is 6.95. The maximum Gasteiger partial charge on any atom is 0.240 e. The Balaban J connectivity index is 2.96. The van der Waals surface area contributed by atoms with E-state index in [0.29, 0.717) is 10.2 Å². The highest BCUT2D eigenvalue weighted by Crippen LogP contribution is 2.11. The molecule has 0 aliphatic carbocycles. The number of aryl methyl sites for hydroxylation is 1. The molecule has 0 spiro atoms. The molecule has 1 unspecified atom stereocenters. The van der Waals surface area contributed by atoms with Crippen molar-refractivity contribution in [1.82, 2.24) is 4.72 Å². The number of nitrogens with one attached hydrogen (secondary N) is 1. The van der Waals surface area contributed by atoms with Crippen LogP contribution in [0, 0.1) is 6.92 Å². The monoisotopic (exact) mass is 291 g/mol. The van der Waals surface area contributed by atoms with Crippen molar-refractivity contribution in [2.24, 2.45) is 0 Å². The standard InChI is InChI=1S/C10H14BrNO2S/c1-8-4-3-5-10(6-8)15(13,14)12-9(2)7-11/h3-6,9,12H,7H2,1-2H3. The molecular formula is C10H14BrNO2S. The van der Waals surface area contributed by atoms with Crippen LogP contribution < -0.4 is 4.72 Å². The maximum atomic E-state index is 11.8. The van der Waals surface area contributed by atoms with Gasteiger partial charge >= 0.3 is 0 Å². The molecule has 1 N–H and O–H groups in total. The predicted molar refractivity (Wildman–Crippen MR) is 64.8 cm³/mol. The maximum absolute atomic E-state index is 11.8. The molecule has 0 fully saturated rings. The summed E-state index contributed by atoms with van der Waals surface area (Å²) < 4.78 is 26.2. The van der Waals surface area contributed by atoms with Crippen LogP contribution in [0.1, 0.15) is 12.5 Å². The van der Waals surface area contributed by atoms with Gasteiger partial charge in [-0.25, -0.2) is 13.1 Å². The van der Waals surface area contributed by atoms with Crippen LogP contribution in [0.15, 0.2) is 29.2 Å². The molecule has 0 aliphatic rings. The number of hydrogen-bond acceptors (Lipinski definition) is 2. The molecule has 1 atom stereocenters. The molecule has 0 radical (unpaired) electrons. The number of benzene rings is 1. The van der Waals surface area contributed by atoms with Crippen molar-refractivity contribution >= 4 is 26.0 Å². The molecule has 3 nitrogen and oxygen atoms in total. The summed E-state index contributed by atoms with van der Waals surface area (Å²) in [6.45, 7) is 3.68.